The Morgan fingerprint density at radius 1 is 1.56 bits per heavy atom. The van der Waals surface area contributed by atoms with Gasteiger partial charge >= 0.3 is 0 Å². The monoisotopic (exact) mass is 249 g/mol. The van der Waals surface area contributed by atoms with Gasteiger partial charge in [0.05, 0.1) is 0 Å². The van der Waals surface area contributed by atoms with Crippen LogP contribution in [-0.4, -0.2) is 35.9 Å². The summed E-state index contributed by atoms with van der Waals surface area (Å²) in [6, 6.07) is 3.96. The molecular weight excluding hydrogens is 226 g/mol. The number of aromatic nitrogens is 1. The van der Waals surface area contributed by atoms with Gasteiger partial charge in [0.15, 0.2) is 0 Å². The molecule has 0 saturated heterocycles. The molecule has 4 heteroatoms. The third-order valence-corrected chi connectivity index (χ3v) is 2.99. The molecule has 1 unspecified atom stereocenters. The number of carbonyl (C=O) groups is 1. The molecule has 1 heterocycles. The van der Waals surface area contributed by atoms with Gasteiger partial charge in [-0.05, 0) is 36.9 Å². The van der Waals surface area contributed by atoms with E-state index in [1.54, 1.807) is 11.1 Å². The molecule has 0 fully saturated rings. The van der Waals surface area contributed by atoms with Crippen molar-refractivity contribution in [1.82, 2.24) is 9.88 Å². The van der Waals surface area contributed by atoms with Crippen LogP contribution in [-0.2, 0) is 11.2 Å². The number of nitrogens with zero attached hydrogens (tertiary/aromatic N) is 2. The van der Waals surface area contributed by atoms with Crippen molar-refractivity contribution >= 4 is 5.91 Å². The number of hydrogen-bond acceptors (Lipinski definition) is 3. The number of rotatable bonds is 7. The smallest absolute Gasteiger partial charge is 0.222 e. The van der Waals surface area contributed by atoms with Gasteiger partial charge in [-0.1, -0.05) is 13.0 Å². The normalized spacial score (nSPS) is 12.2. The predicted molar refractivity (Wildman–Crippen MR) is 73.0 cm³/mol. The Kier molecular flexibility index (Phi) is 6.36. The summed E-state index contributed by atoms with van der Waals surface area (Å²) in [5.41, 5.74) is 6.74. The zero-order valence-electron chi connectivity index (χ0n) is 11.3. The van der Waals surface area contributed by atoms with Gasteiger partial charge in [0.2, 0.25) is 5.91 Å². The van der Waals surface area contributed by atoms with Crippen LogP contribution >= 0.6 is 0 Å². The lowest BCUT2D eigenvalue weighted by molar-refractivity contribution is -0.130. The van der Waals surface area contributed by atoms with E-state index in [1.807, 2.05) is 25.4 Å². The molecule has 4 nitrogen and oxygen atoms in total. The van der Waals surface area contributed by atoms with Crippen molar-refractivity contribution in [3.63, 3.8) is 0 Å². The quantitative estimate of drug-likeness (QED) is 0.796. The van der Waals surface area contributed by atoms with Crippen molar-refractivity contribution in [1.29, 1.82) is 0 Å². The minimum Gasteiger partial charge on any atom is -0.345 e. The number of carbonyl (C=O) groups excluding carboxylic acids is 1. The first-order valence-corrected chi connectivity index (χ1v) is 6.46. The van der Waals surface area contributed by atoms with E-state index in [9.17, 15) is 4.79 Å². The number of nitrogens with two attached hydrogens (primary N) is 1. The van der Waals surface area contributed by atoms with Crippen molar-refractivity contribution in [3.8, 4) is 0 Å². The molecule has 1 rings (SSSR count). The van der Waals surface area contributed by atoms with E-state index in [1.165, 1.54) is 5.56 Å². The molecule has 1 aromatic heterocycles. The van der Waals surface area contributed by atoms with Gasteiger partial charge in [-0.2, -0.15) is 0 Å². The highest BCUT2D eigenvalue weighted by Gasteiger charge is 2.11. The van der Waals surface area contributed by atoms with E-state index in [4.69, 9.17) is 5.73 Å². The third kappa shape index (κ3) is 5.27. The first-order chi connectivity index (χ1) is 8.63. The maximum atomic E-state index is 11.9. The summed E-state index contributed by atoms with van der Waals surface area (Å²) >= 11 is 0. The maximum absolute atomic E-state index is 11.9. The molecule has 0 aliphatic carbocycles. The van der Waals surface area contributed by atoms with Crippen LogP contribution in [0.5, 0.6) is 0 Å². The van der Waals surface area contributed by atoms with Crippen LogP contribution in [0.4, 0.5) is 0 Å². The third-order valence-electron chi connectivity index (χ3n) is 2.99. The Morgan fingerprint density at radius 2 is 2.33 bits per heavy atom. The van der Waals surface area contributed by atoms with E-state index in [2.05, 4.69) is 11.9 Å². The van der Waals surface area contributed by atoms with Crippen LogP contribution in [0.1, 0.15) is 25.3 Å². The van der Waals surface area contributed by atoms with Crippen molar-refractivity contribution in [2.45, 2.75) is 26.2 Å². The van der Waals surface area contributed by atoms with Crippen molar-refractivity contribution in [2.75, 3.05) is 20.1 Å². The molecule has 1 aromatic rings. The number of hydrogen-bond donors (Lipinski definition) is 1. The van der Waals surface area contributed by atoms with E-state index in [-0.39, 0.29) is 5.91 Å². The van der Waals surface area contributed by atoms with Gasteiger partial charge in [-0.15, -0.1) is 0 Å². The first kappa shape index (κ1) is 14.6. The highest BCUT2D eigenvalue weighted by Crippen LogP contribution is 2.05. The lowest BCUT2D eigenvalue weighted by Gasteiger charge is -2.20. The van der Waals surface area contributed by atoms with Crippen molar-refractivity contribution < 1.29 is 4.79 Å². The van der Waals surface area contributed by atoms with Crippen LogP contribution < -0.4 is 5.73 Å². The second-order valence-electron chi connectivity index (χ2n) is 4.83. The average molecular weight is 249 g/mol. The molecule has 0 saturated carbocycles. The van der Waals surface area contributed by atoms with Gasteiger partial charge in [0.1, 0.15) is 0 Å². The van der Waals surface area contributed by atoms with E-state index in [0.29, 0.717) is 18.9 Å². The Labute approximate surface area is 109 Å². The van der Waals surface area contributed by atoms with Gasteiger partial charge in [-0.25, -0.2) is 0 Å². The van der Waals surface area contributed by atoms with Crippen LogP contribution in [0.3, 0.4) is 0 Å². The molecule has 0 bridgehead atoms. The van der Waals surface area contributed by atoms with Crippen LogP contribution in [0, 0.1) is 5.92 Å². The molecule has 0 aromatic carbocycles. The molecule has 0 spiro atoms. The summed E-state index contributed by atoms with van der Waals surface area (Å²) in [4.78, 5) is 17.7. The summed E-state index contributed by atoms with van der Waals surface area (Å²) < 4.78 is 0. The van der Waals surface area contributed by atoms with E-state index in [0.717, 1.165) is 19.4 Å². The molecule has 18 heavy (non-hydrogen) atoms. The fourth-order valence-corrected chi connectivity index (χ4v) is 1.82. The second kappa shape index (κ2) is 7.82. The van der Waals surface area contributed by atoms with E-state index >= 15 is 0 Å². The minimum atomic E-state index is 0.194. The Bertz CT molecular complexity index is 353. The molecule has 1 atom stereocenters. The topological polar surface area (TPSA) is 59.2 Å². The highest BCUT2D eigenvalue weighted by molar-refractivity contribution is 5.75. The number of pyridine rings is 1. The standard InChI is InChI=1S/C14H23N3O/c1-12(9-15)11-17(2)14(18)7-3-5-13-6-4-8-16-10-13/h4,6,8,10,12H,3,5,7,9,11,15H2,1-2H3. The SMILES string of the molecule is CC(CN)CN(C)C(=O)CCCc1cccnc1. The lowest BCUT2D eigenvalue weighted by atomic mass is 10.1. The highest BCUT2D eigenvalue weighted by atomic mass is 16.2. The lowest BCUT2D eigenvalue weighted by Crippen LogP contribution is -2.33. The second-order valence-corrected chi connectivity index (χ2v) is 4.83. The zero-order chi connectivity index (χ0) is 13.4. The summed E-state index contributed by atoms with van der Waals surface area (Å²) in [5, 5.41) is 0. The van der Waals surface area contributed by atoms with Gasteiger partial charge in [0, 0.05) is 32.4 Å². The molecular formula is C14H23N3O. The fraction of sp³-hybridized carbons (Fsp3) is 0.571. The summed E-state index contributed by atoms with van der Waals surface area (Å²) in [6.07, 6.45) is 5.97. The van der Waals surface area contributed by atoms with Crippen LogP contribution in [0.25, 0.3) is 0 Å². The Balaban J connectivity index is 2.24. The number of amides is 1. The zero-order valence-corrected chi connectivity index (χ0v) is 11.3. The minimum absolute atomic E-state index is 0.194. The van der Waals surface area contributed by atoms with Crippen molar-refractivity contribution in [3.05, 3.63) is 30.1 Å². The van der Waals surface area contributed by atoms with Gasteiger partial charge in [-0.3, -0.25) is 9.78 Å². The maximum Gasteiger partial charge on any atom is 0.222 e. The average Bonchev–Trinajstić information content (AvgIpc) is 2.39. The Morgan fingerprint density at radius 3 is 2.94 bits per heavy atom. The largest absolute Gasteiger partial charge is 0.345 e. The van der Waals surface area contributed by atoms with Gasteiger partial charge < -0.3 is 10.6 Å². The summed E-state index contributed by atoms with van der Waals surface area (Å²) in [6.45, 7) is 3.41. The van der Waals surface area contributed by atoms with Crippen LogP contribution in [0.15, 0.2) is 24.5 Å². The first-order valence-electron chi connectivity index (χ1n) is 6.46. The fourth-order valence-electron chi connectivity index (χ4n) is 1.82. The van der Waals surface area contributed by atoms with Crippen molar-refractivity contribution in [2.24, 2.45) is 11.7 Å². The Hall–Kier alpha value is -1.42. The number of aryl methyl sites for hydroxylation is 1. The van der Waals surface area contributed by atoms with E-state index < -0.39 is 0 Å². The van der Waals surface area contributed by atoms with Gasteiger partial charge in [0.25, 0.3) is 0 Å². The van der Waals surface area contributed by atoms with Crippen LogP contribution in [0.2, 0.25) is 0 Å². The molecule has 0 radical (unpaired) electrons. The summed E-state index contributed by atoms with van der Waals surface area (Å²) in [5.74, 6) is 0.552. The molecule has 2 N–H and O–H groups in total. The molecule has 100 valence electrons. The predicted octanol–water partition coefficient (Wildman–Crippen LogP) is 1.46. The molecule has 0 aliphatic rings. The summed E-state index contributed by atoms with van der Waals surface area (Å²) in [7, 11) is 1.85. The molecule has 1 amide bonds. The molecule has 0 aliphatic heterocycles.